The van der Waals surface area contributed by atoms with Crippen LogP contribution in [0.5, 0.6) is 5.75 Å². The number of likely N-dealkylation sites (tertiary alicyclic amines) is 1. The fraction of sp³-hybridized carbons (Fsp3) is 0.458. The number of methoxy groups -OCH3 is 1. The molecule has 3 nitrogen and oxygen atoms in total. The van der Waals surface area contributed by atoms with Gasteiger partial charge in [0, 0.05) is 23.1 Å². The molecule has 0 N–H and O–H groups in total. The van der Waals surface area contributed by atoms with Crippen LogP contribution >= 0.6 is 0 Å². The summed E-state index contributed by atoms with van der Waals surface area (Å²) in [4.78, 5) is 15.8. The van der Waals surface area contributed by atoms with Crippen LogP contribution in [0.15, 0.2) is 48.5 Å². The van der Waals surface area contributed by atoms with Crippen LogP contribution in [0.3, 0.4) is 0 Å². The quantitative estimate of drug-likeness (QED) is 0.788. The number of rotatable bonds is 4. The maximum Gasteiger partial charge on any atom is 0.170 e. The minimum Gasteiger partial charge on any atom is -0.496 e. The van der Waals surface area contributed by atoms with Gasteiger partial charge in [0.2, 0.25) is 0 Å². The molecule has 2 aromatic carbocycles. The Bertz CT molecular complexity index is 808. The van der Waals surface area contributed by atoms with E-state index in [9.17, 15) is 4.79 Å². The average molecular weight is 364 g/mol. The second-order valence-corrected chi connectivity index (χ2v) is 8.34. The molecule has 1 aliphatic heterocycles. The summed E-state index contributed by atoms with van der Waals surface area (Å²) in [5, 5.41) is 0. The standard InChI is InChI=1S/C24H29NO2/c1-24(14-11-20-21(23(24)26)9-6-10-22(20)27-2)17-25-15-12-19(13-16-25)18-7-4-3-5-8-18/h3-10,19H,11-17H2,1-2H3. The molecule has 27 heavy (non-hydrogen) atoms. The highest BCUT2D eigenvalue weighted by molar-refractivity contribution is 6.03. The van der Waals surface area contributed by atoms with Gasteiger partial charge in [-0.3, -0.25) is 4.79 Å². The normalized spacial score (nSPS) is 23.9. The third kappa shape index (κ3) is 3.53. The van der Waals surface area contributed by atoms with E-state index in [2.05, 4.69) is 42.2 Å². The molecule has 0 radical (unpaired) electrons. The lowest BCUT2D eigenvalue weighted by atomic mass is 9.71. The Labute approximate surface area is 162 Å². The van der Waals surface area contributed by atoms with E-state index in [0.717, 1.165) is 49.4 Å². The first kappa shape index (κ1) is 18.2. The molecule has 1 fully saturated rings. The molecule has 1 aliphatic carbocycles. The Kier molecular flexibility index (Phi) is 5.05. The minimum atomic E-state index is -0.293. The molecule has 1 unspecified atom stereocenters. The molecule has 3 heteroatoms. The summed E-state index contributed by atoms with van der Waals surface area (Å²) in [7, 11) is 1.69. The van der Waals surface area contributed by atoms with Gasteiger partial charge in [0.05, 0.1) is 7.11 Å². The summed E-state index contributed by atoms with van der Waals surface area (Å²) in [6.07, 6.45) is 4.18. The molecule has 1 atom stereocenters. The molecule has 0 amide bonds. The summed E-state index contributed by atoms with van der Waals surface area (Å²) in [5.41, 5.74) is 3.12. The van der Waals surface area contributed by atoms with Gasteiger partial charge >= 0.3 is 0 Å². The lowest BCUT2D eigenvalue weighted by Crippen LogP contribution is -2.46. The van der Waals surface area contributed by atoms with Crippen LogP contribution in [0.4, 0.5) is 0 Å². The third-order valence-electron chi connectivity index (χ3n) is 6.50. The van der Waals surface area contributed by atoms with Crippen LogP contribution in [0.2, 0.25) is 0 Å². The van der Waals surface area contributed by atoms with Gasteiger partial charge in [-0.05, 0) is 56.3 Å². The molecule has 0 bridgehead atoms. The number of carbonyl (C=O) groups is 1. The number of benzene rings is 2. The summed E-state index contributed by atoms with van der Waals surface area (Å²) in [6, 6.07) is 16.7. The van der Waals surface area contributed by atoms with Crippen LogP contribution in [0.1, 0.15) is 53.6 Å². The predicted octanol–water partition coefficient (Wildman–Crippen LogP) is 4.71. The van der Waals surface area contributed by atoms with Crippen molar-refractivity contribution in [2.24, 2.45) is 5.41 Å². The fourth-order valence-electron chi connectivity index (χ4n) is 4.86. The van der Waals surface area contributed by atoms with Gasteiger partial charge in [-0.1, -0.05) is 49.4 Å². The molecule has 4 rings (SSSR count). The number of hydrogen-bond acceptors (Lipinski definition) is 3. The number of fused-ring (bicyclic) bond motifs is 1. The smallest absolute Gasteiger partial charge is 0.170 e. The second-order valence-electron chi connectivity index (χ2n) is 8.34. The third-order valence-corrected chi connectivity index (χ3v) is 6.50. The first-order valence-corrected chi connectivity index (χ1v) is 10.1. The Morgan fingerprint density at radius 3 is 2.52 bits per heavy atom. The van der Waals surface area contributed by atoms with Gasteiger partial charge in [0.15, 0.2) is 5.78 Å². The predicted molar refractivity (Wildman–Crippen MR) is 109 cm³/mol. The van der Waals surface area contributed by atoms with Crippen LogP contribution in [-0.2, 0) is 6.42 Å². The topological polar surface area (TPSA) is 29.5 Å². The van der Waals surface area contributed by atoms with Crippen molar-refractivity contribution in [3.8, 4) is 5.75 Å². The second kappa shape index (κ2) is 7.47. The van der Waals surface area contributed by atoms with E-state index in [-0.39, 0.29) is 11.2 Å². The molecular weight excluding hydrogens is 334 g/mol. The zero-order valence-electron chi connectivity index (χ0n) is 16.4. The van der Waals surface area contributed by atoms with Crippen molar-refractivity contribution in [1.82, 2.24) is 4.90 Å². The summed E-state index contributed by atoms with van der Waals surface area (Å²) in [5.74, 6) is 1.79. The molecule has 1 saturated heterocycles. The monoisotopic (exact) mass is 363 g/mol. The van der Waals surface area contributed by atoms with Gasteiger partial charge in [-0.25, -0.2) is 0 Å². The number of piperidine rings is 1. The first-order valence-electron chi connectivity index (χ1n) is 10.1. The highest BCUT2D eigenvalue weighted by Crippen LogP contribution is 2.40. The van der Waals surface area contributed by atoms with E-state index >= 15 is 0 Å². The Balaban J connectivity index is 1.43. The van der Waals surface area contributed by atoms with E-state index < -0.39 is 0 Å². The average Bonchev–Trinajstić information content (AvgIpc) is 2.72. The lowest BCUT2D eigenvalue weighted by molar-refractivity contribution is 0.0657. The Morgan fingerprint density at radius 2 is 1.81 bits per heavy atom. The maximum atomic E-state index is 13.3. The molecular formula is C24H29NO2. The van der Waals surface area contributed by atoms with E-state index in [1.54, 1.807) is 7.11 Å². The number of Topliss-reactive ketones (excluding diaryl/α,β-unsaturated/α-hetero) is 1. The first-order chi connectivity index (χ1) is 13.1. The fourth-order valence-corrected chi connectivity index (χ4v) is 4.86. The molecule has 2 aromatic rings. The molecule has 1 heterocycles. The van der Waals surface area contributed by atoms with E-state index in [0.29, 0.717) is 5.92 Å². The van der Waals surface area contributed by atoms with Gasteiger partial charge < -0.3 is 9.64 Å². The molecule has 0 saturated carbocycles. The lowest BCUT2D eigenvalue weighted by Gasteiger charge is -2.40. The number of ether oxygens (including phenoxy) is 1. The van der Waals surface area contributed by atoms with Crippen molar-refractivity contribution in [3.05, 3.63) is 65.2 Å². The van der Waals surface area contributed by atoms with Crippen molar-refractivity contribution >= 4 is 5.78 Å². The van der Waals surface area contributed by atoms with Gasteiger partial charge in [0.1, 0.15) is 5.75 Å². The van der Waals surface area contributed by atoms with Crippen LogP contribution in [0, 0.1) is 5.41 Å². The molecule has 2 aliphatic rings. The molecule has 142 valence electrons. The van der Waals surface area contributed by atoms with Crippen molar-refractivity contribution in [1.29, 1.82) is 0 Å². The zero-order valence-corrected chi connectivity index (χ0v) is 16.4. The highest BCUT2D eigenvalue weighted by Gasteiger charge is 2.41. The van der Waals surface area contributed by atoms with Gasteiger partial charge in [-0.2, -0.15) is 0 Å². The largest absolute Gasteiger partial charge is 0.496 e. The van der Waals surface area contributed by atoms with E-state index in [1.807, 2.05) is 18.2 Å². The van der Waals surface area contributed by atoms with Crippen molar-refractivity contribution in [3.63, 3.8) is 0 Å². The Morgan fingerprint density at radius 1 is 1.07 bits per heavy atom. The van der Waals surface area contributed by atoms with Crippen molar-refractivity contribution < 1.29 is 9.53 Å². The number of hydrogen-bond donors (Lipinski definition) is 0. The van der Waals surface area contributed by atoms with E-state index in [1.165, 1.54) is 18.4 Å². The van der Waals surface area contributed by atoms with Crippen molar-refractivity contribution in [2.75, 3.05) is 26.7 Å². The summed E-state index contributed by atoms with van der Waals surface area (Å²) < 4.78 is 5.47. The zero-order chi connectivity index (χ0) is 18.9. The highest BCUT2D eigenvalue weighted by atomic mass is 16.5. The number of ketones is 1. The van der Waals surface area contributed by atoms with E-state index in [4.69, 9.17) is 4.74 Å². The number of carbonyl (C=O) groups excluding carboxylic acids is 1. The van der Waals surface area contributed by atoms with Gasteiger partial charge in [-0.15, -0.1) is 0 Å². The Hall–Kier alpha value is -2.13. The molecule has 0 aromatic heterocycles. The SMILES string of the molecule is COc1cccc2c1CCC(C)(CN1CCC(c3ccccc3)CC1)C2=O. The summed E-state index contributed by atoms with van der Waals surface area (Å²) in [6.45, 7) is 5.17. The molecule has 0 spiro atoms. The van der Waals surface area contributed by atoms with Crippen LogP contribution in [0.25, 0.3) is 0 Å². The number of nitrogens with zero attached hydrogens (tertiary/aromatic N) is 1. The summed E-state index contributed by atoms with van der Waals surface area (Å²) >= 11 is 0. The minimum absolute atomic E-state index is 0.285. The van der Waals surface area contributed by atoms with Gasteiger partial charge in [0.25, 0.3) is 0 Å². The van der Waals surface area contributed by atoms with Crippen molar-refractivity contribution in [2.45, 2.75) is 38.5 Å². The van der Waals surface area contributed by atoms with Crippen LogP contribution in [-0.4, -0.2) is 37.4 Å². The van der Waals surface area contributed by atoms with Crippen LogP contribution < -0.4 is 4.74 Å². The maximum absolute atomic E-state index is 13.3.